The number of nitriles is 1. The number of pyridine rings is 1. The maximum Gasteiger partial charge on any atom is 0.226 e. The molecular weight excluding hydrogens is 488 g/mol. The molecule has 0 bridgehead atoms. The lowest BCUT2D eigenvalue weighted by Gasteiger charge is -2.38. The molecule has 38 heavy (non-hydrogen) atoms. The maximum absolute atomic E-state index is 14.3. The van der Waals surface area contributed by atoms with Gasteiger partial charge in [0.1, 0.15) is 23.5 Å². The number of fused-ring (bicyclic) bond motifs is 1. The Bertz CT molecular complexity index is 1580. The number of aromatic hydroxyl groups is 1. The van der Waals surface area contributed by atoms with Gasteiger partial charge in [0.25, 0.3) is 0 Å². The van der Waals surface area contributed by atoms with E-state index in [-0.39, 0.29) is 23.3 Å². The molecule has 1 saturated heterocycles. The summed E-state index contributed by atoms with van der Waals surface area (Å²) in [6.07, 6.45) is 2.10. The summed E-state index contributed by atoms with van der Waals surface area (Å²) in [6, 6.07) is 15.3. The van der Waals surface area contributed by atoms with Crippen LogP contribution in [0.1, 0.15) is 12.0 Å². The van der Waals surface area contributed by atoms with E-state index in [1.54, 1.807) is 37.5 Å². The number of hydrogen-bond acceptors (Lipinski definition) is 6. The van der Waals surface area contributed by atoms with Gasteiger partial charge in [-0.15, -0.1) is 0 Å². The highest BCUT2D eigenvalue weighted by Crippen LogP contribution is 2.41. The van der Waals surface area contributed by atoms with Crippen molar-refractivity contribution in [3.8, 4) is 34.1 Å². The molecule has 5 rings (SSSR count). The minimum atomic E-state index is -0.720. The van der Waals surface area contributed by atoms with Gasteiger partial charge in [-0.3, -0.25) is 9.78 Å². The highest BCUT2D eigenvalue weighted by atomic mass is 19.1. The van der Waals surface area contributed by atoms with Crippen LogP contribution in [0.2, 0.25) is 0 Å². The molecule has 2 atom stereocenters. The second-order valence-corrected chi connectivity index (χ2v) is 9.34. The third-order valence-corrected chi connectivity index (χ3v) is 7.05. The van der Waals surface area contributed by atoms with Crippen LogP contribution >= 0.6 is 0 Å². The molecule has 0 spiro atoms. The second-order valence-electron chi connectivity index (χ2n) is 9.34. The fourth-order valence-electron chi connectivity index (χ4n) is 5.11. The number of phenols is 1. The first kappa shape index (κ1) is 25.1. The van der Waals surface area contributed by atoms with Crippen LogP contribution in [0.5, 0.6) is 5.75 Å². The van der Waals surface area contributed by atoms with Crippen molar-refractivity contribution in [2.75, 3.05) is 25.0 Å². The predicted molar refractivity (Wildman–Crippen MR) is 141 cm³/mol. The maximum atomic E-state index is 14.3. The van der Waals surface area contributed by atoms with Crippen molar-refractivity contribution in [3.63, 3.8) is 0 Å². The summed E-state index contributed by atoms with van der Waals surface area (Å²) in [5.74, 6) is -2.26. The number of carbonyl (C=O) groups excluding carboxylic acids is 1. The SMILES string of the molecule is CNC(=O)C1CN(c2c(-c3cc(F)cc(F)c3)cnc3ccc(-c4cccc(C#N)c4O)cc23)CC[C@H]1N. The van der Waals surface area contributed by atoms with Crippen molar-refractivity contribution < 1.29 is 18.7 Å². The summed E-state index contributed by atoms with van der Waals surface area (Å²) in [6.45, 7) is 0.808. The van der Waals surface area contributed by atoms with Crippen LogP contribution in [-0.4, -0.2) is 42.2 Å². The Morgan fingerprint density at radius 2 is 1.89 bits per heavy atom. The Morgan fingerprint density at radius 3 is 2.61 bits per heavy atom. The van der Waals surface area contributed by atoms with Gasteiger partial charge in [-0.05, 0) is 47.9 Å². The number of nitrogens with one attached hydrogen (secondary N) is 1. The lowest BCUT2D eigenvalue weighted by Crippen LogP contribution is -2.52. The molecule has 192 valence electrons. The number of rotatable bonds is 4. The van der Waals surface area contributed by atoms with Gasteiger partial charge in [0.2, 0.25) is 5.91 Å². The van der Waals surface area contributed by atoms with Gasteiger partial charge in [0, 0.05) is 55.0 Å². The Morgan fingerprint density at radius 1 is 1.13 bits per heavy atom. The molecular formula is C29H25F2N5O2. The zero-order valence-electron chi connectivity index (χ0n) is 20.6. The summed E-state index contributed by atoms with van der Waals surface area (Å²) in [5.41, 5.74) is 9.59. The van der Waals surface area contributed by atoms with E-state index in [0.717, 1.165) is 6.07 Å². The van der Waals surface area contributed by atoms with Gasteiger partial charge in [-0.1, -0.05) is 18.2 Å². The highest BCUT2D eigenvalue weighted by Gasteiger charge is 2.33. The number of amides is 1. The van der Waals surface area contributed by atoms with Crippen molar-refractivity contribution in [3.05, 3.63) is 78.0 Å². The molecule has 1 fully saturated rings. The van der Waals surface area contributed by atoms with Crippen LogP contribution in [0.15, 0.2) is 60.8 Å². The molecule has 1 aromatic heterocycles. The van der Waals surface area contributed by atoms with Crippen molar-refractivity contribution in [2.24, 2.45) is 11.7 Å². The van der Waals surface area contributed by atoms with Crippen LogP contribution in [0.25, 0.3) is 33.2 Å². The molecule has 4 N–H and O–H groups in total. The standard InChI is InChI=1S/C29H25F2N5O2/c1-34-29(38)24-15-36(8-7-25(24)33)27-22-11-16(21-4-2-3-17(13-32)28(21)37)5-6-26(22)35-14-23(27)18-9-19(30)12-20(31)10-18/h2-6,9-12,14,24-25,37H,7-8,15,33H2,1H3,(H,34,38)/t24?,25-/m1/s1. The van der Waals surface area contributed by atoms with Crippen molar-refractivity contribution in [1.29, 1.82) is 5.26 Å². The molecule has 1 amide bonds. The zero-order valence-corrected chi connectivity index (χ0v) is 20.6. The van der Waals surface area contributed by atoms with Gasteiger partial charge >= 0.3 is 0 Å². The van der Waals surface area contributed by atoms with Gasteiger partial charge in [-0.25, -0.2) is 8.78 Å². The Balaban J connectivity index is 1.76. The lowest BCUT2D eigenvalue weighted by atomic mass is 9.90. The number of piperidine rings is 1. The summed E-state index contributed by atoms with van der Waals surface area (Å²) in [7, 11) is 1.56. The van der Waals surface area contributed by atoms with E-state index in [1.807, 2.05) is 17.0 Å². The van der Waals surface area contributed by atoms with E-state index >= 15 is 0 Å². The van der Waals surface area contributed by atoms with Crippen LogP contribution in [-0.2, 0) is 4.79 Å². The number of hydrogen-bond donors (Lipinski definition) is 3. The minimum Gasteiger partial charge on any atom is -0.506 e. The van der Waals surface area contributed by atoms with E-state index in [9.17, 15) is 23.9 Å². The Labute approximate surface area is 218 Å². The first-order chi connectivity index (χ1) is 18.3. The number of carbonyl (C=O) groups is 1. The number of phenolic OH excluding ortho intramolecular Hbond substituents is 1. The first-order valence-electron chi connectivity index (χ1n) is 12.1. The average molecular weight is 514 g/mol. The quantitative estimate of drug-likeness (QED) is 0.374. The third kappa shape index (κ3) is 4.51. The average Bonchev–Trinajstić information content (AvgIpc) is 2.91. The van der Waals surface area contributed by atoms with E-state index in [1.165, 1.54) is 18.2 Å². The second kappa shape index (κ2) is 10.1. The molecule has 4 aromatic rings. The van der Waals surface area contributed by atoms with Gasteiger partial charge < -0.3 is 21.1 Å². The van der Waals surface area contributed by atoms with Gasteiger partial charge in [-0.2, -0.15) is 5.26 Å². The van der Waals surface area contributed by atoms with E-state index < -0.39 is 17.6 Å². The number of aromatic nitrogens is 1. The molecule has 7 nitrogen and oxygen atoms in total. The van der Waals surface area contributed by atoms with E-state index in [2.05, 4.69) is 10.3 Å². The van der Waals surface area contributed by atoms with Crippen molar-refractivity contribution >= 4 is 22.5 Å². The third-order valence-electron chi connectivity index (χ3n) is 7.05. The van der Waals surface area contributed by atoms with Crippen LogP contribution in [0, 0.1) is 28.9 Å². The van der Waals surface area contributed by atoms with E-state index in [0.29, 0.717) is 58.4 Å². The van der Waals surface area contributed by atoms with Crippen molar-refractivity contribution in [1.82, 2.24) is 10.3 Å². The number of anilines is 1. The van der Waals surface area contributed by atoms with Crippen LogP contribution in [0.3, 0.4) is 0 Å². The molecule has 1 aliphatic rings. The van der Waals surface area contributed by atoms with Crippen molar-refractivity contribution in [2.45, 2.75) is 12.5 Å². The fraction of sp³-hybridized carbons (Fsp3) is 0.207. The topological polar surface area (TPSA) is 115 Å². The number of nitrogens with zero attached hydrogens (tertiary/aromatic N) is 3. The zero-order chi connectivity index (χ0) is 27.0. The number of halogens is 2. The van der Waals surface area contributed by atoms with Crippen LogP contribution in [0.4, 0.5) is 14.5 Å². The number of nitrogens with two attached hydrogens (primary N) is 1. The molecule has 2 heterocycles. The molecule has 0 radical (unpaired) electrons. The summed E-state index contributed by atoms with van der Waals surface area (Å²) < 4.78 is 28.5. The molecule has 1 aliphatic heterocycles. The highest BCUT2D eigenvalue weighted by molar-refractivity contribution is 6.02. The van der Waals surface area contributed by atoms with Gasteiger partial charge in [0.05, 0.1) is 22.7 Å². The number of benzene rings is 3. The Hall–Kier alpha value is -4.55. The van der Waals surface area contributed by atoms with Crippen LogP contribution < -0.4 is 16.0 Å². The number of para-hydroxylation sites is 1. The Kier molecular flexibility index (Phi) is 6.66. The largest absolute Gasteiger partial charge is 0.506 e. The summed E-state index contributed by atoms with van der Waals surface area (Å²) in [4.78, 5) is 19.2. The lowest BCUT2D eigenvalue weighted by molar-refractivity contribution is -0.125. The molecule has 3 aromatic carbocycles. The molecule has 9 heteroatoms. The molecule has 0 aliphatic carbocycles. The normalized spacial score (nSPS) is 17.3. The summed E-state index contributed by atoms with van der Waals surface area (Å²) in [5, 5.41) is 23.4. The first-order valence-corrected chi connectivity index (χ1v) is 12.1. The molecule has 0 saturated carbocycles. The monoisotopic (exact) mass is 513 g/mol. The predicted octanol–water partition coefficient (Wildman–Crippen LogP) is 4.32. The van der Waals surface area contributed by atoms with E-state index in [4.69, 9.17) is 5.73 Å². The summed E-state index contributed by atoms with van der Waals surface area (Å²) >= 11 is 0. The van der Waals surface area contributed by atoms with Gasteiger partial charge in [0.15, 0.2) is 0 Å². The minimum absolute atomic E-state index is 0.142. The smallest absolute Gasteiger partial charge is 0.226 e. The molecule has 1 unspecified atom stereocenters. The fourth-order valence-corrected chi connectivity index (χ4v) is 5.11.